The quantitative estimate of drug-likeness (QED) is 0.326. The second-order valence-electron chi connectivity index (χ2n) is 5.33. The van der Waals surface area contributed by atoms with Crippen molar-refractivity contribution in [2.24, 2.45) is 16.8 Å². The molecule has 0 aromatic carbocycles. The van der Waals surface area contributed by atoms with Crippen molar-refractivity contribution >= 4 is 5.84 Å². The molecule has 2 rings (SSSR count). The van der Waals surface area contributed by atoms with Gasteiger partial charge in [0.05, 0.1) is 6.04 Å². The third-order valence-electron chi connectivity index (χ3n) is 4.21. The van der Waals surface area contributed by atoms with Crippen molar-refractivity contribution in [3.63, 3.8) is 0 Å². The monoisotopic (exact) mass is 225 g/mol. The standard InChI is InChI=1S/C12H23N3O/c1-9-4-6-10(7-5-9)15-8-2-3-11(15)12(13)14-16/h9-11,16H,2-8H2,1H3,(H2,13,14). The highest BCUT2D eigenvalue weighted by Crippen LogP contribution is 2.31. The van der Waals surface area contributed by atoms with E-state index in [2.05, 4.69) is 17.0 Å². The molecule has 1 unspecified atom stereocenters. The topological polar surface area (TPSA) is 61.8 Å². The van der Waals surface area contributed by atoms with Crippen LogP contribution in [0.4, 0.5) is 0 Å². The molecule has 2 aliphatic rings. The van der Waals surface area contributed by atoms with Crippen molar-refractivity contribution in [1.82, 2.24) is 4.90 Å². The van der Waals surface area contributed by atoms with E-state index in [4.69, 9.17) is 10.9 Å². The lowest BCUT2D eigenvalue weighted by Gasteiger charge is -2.36. The summed E-state index contributed by atoms with van der Waals surface area (Å²) in [6.07, 6.45) is 7.41. The molecule has 1 heterocycles. The van der Waals surface area contributed by atoms with Crippen LogP contribution in [0.3, 0.4) is 0 Å². The first-order valence-corrected chi connectivity index (χ1v) is 6.45. The molecule has 0 spiro atoms. The van der Waals surface area contributed by atoms with Crippen LogP contribution >= 0.6 is 0 Å². The van der Waals surface area contributed by atoms with Crippen LogP contribution in [0.2, 0.25) is 0 Å². The van der Waals surface area contributed by atoms with Gasteiger partial charge in [0.1, 0.15) is 0 Å². The number of nitrogens with two attached hydrogens (primary N) is 1. The van der Waals surface area contributed by atoms with Gasteiger partial charge in [0, 0.05) is 6.04 Å². The molecule has 3 N–H and O–H groups in total. The molecule has 1 aliphatic carbocycles. The summed E-state index contributed by atoms with van der Waals surface area (Å²) in [4.78, 5) is 2.46. The van der Waals surface area contributed by atoms with Crippen molar-refractivity contribution in [1.29, 1.82) is 0 Å². The van der Waals surface area contributed by atoms with E-state index in [0.29, 0.717) is 11.9 Å². The Morgan fingerprint density at radius 2 is 1.94 bits per heavy atom. The number of nitrogens with zero attached hydrogens (tertiary/aromatic N) is 2. The number of amidine groups is 1. The zero-order chi connectivity index (χ0) is 11.5. The summed E-state index contributed by atoms with van der Waals surface area (Å²) >= 11 is 0. The Kier molecular flexibility index (Phi) is 3.69. The van der Waals surface area contributed by atoms with Gasteiger partial charge in [-0.2, -0.15) is 0 Å². The van der Waals surface area contributed by atoms with E-state index in [9.17, 15) is 0 Å². The Labute approximate surface area is 97.5 Å². The molecule has 1 atom stereocenters. The maximum atomic E-state index is 8.79. The molecule has 4 heteroatoms. The van der Waals surface area contributed by atoms with Gasteiger partial charge < -0.3 is 10.9 Å². The minimum absolute atomic E-state index is 0.184. The van der Waals surface area contributed by atoms with Gasteiger partial charge in [0.2, 0.25) is 0 Å². The van der Waals surface area contributed by atoms with Crippen LogP contribution in [0.25, 0.3) is 0 Å². The zero-order valence-electron chi connectivity index (χ0n) is 10.1. The molecule has 0 radical (unpaired) electrons. The summed E-state index contributed by atoms with van der Waals surface area (Å²) in [7, 11) is 0. The van der Waals surface area contributed by atoms with E-state index in [1.165, 1.54) is 32.1 Å². The maximum absolute atomic E-state index is 8.79. The fraction of sp³-hybridized carbons (Fsp3) is 0.917. The van der Waals surface area contributed by atoms with E-state index in [1.807, 2.05) is 0 Å². The highest BCUT2D eigenvalue weighted by atomic mass is 16.4. The summed E-state index contributed by atoms with van der Waals surface area (Å²) in [5.41, 5.74) is 5.76. The van der Waals surface area contributed by atoms with E-state index in [0.717, 1.165) is 18.9 Å². The average molecular weight is 225 g/mol. The van der Waals surface area contributed by atoms with Crippen LogP contribution < -0.4 is 5.73 Å². The van der Waals surface area contributed by atoms with Crippen LogP contribution in [-0.2, 0) is 0 Å². The van der Waals surface area contributed by atoms with Crippen molar-refractivity contribution in [3.05, 3.63) is 0 Å². The molecule has 2 fully saturated rings. The molecule has 0 aromatic heterocycles. The van der Waals surface area contributed by atoms with Gasteiger partial charge in [0.15, 0.2) is 5.84 Å². The molecule has 4 nitrogen and oxygen atoms in total. The lowest BCUT2D eigenvalue weighted by molar-refractivity contribution is 0.149. The van der Waals surface area contributed by atoms with Crippen LogP contribution in [0.5, 0.6) is 0 Å². The zero-order valence-corrected chi connectivity index (χ0v) is 10.1. The van der Waals surface area contributed by atoms with Gasteiger partial charge in [-0.3, -0.25) is 4.90 Å². The lowest BCUT2D eigenvalue weighted by atomic mass is 9.86. The molecular weight excluding hydrogens is 202 g/mol. The Balaban J connectivity index is 1.97. The normalized spacial score (nSPS) is 37.8. The van der Waals surface area contributed by atoms with Crippen LogP contribution in [0, 0.1) is 5.92 Å². The number of oxime groups is 1. The van der Waals surface area contributed by atoms with Crippen molar-refractivity contribution in [2.45, 2.75) is 57.5 Å². The smallest absolute Gasteiger partial charge is 0.156 e. The summed E-state index contributed by atoms with van der Waals surface area (Å²) in [6, 6.07) is 0.840. The number of rotatable bonds is 2. The molecule has 0 aromatic rings. The SMILES string of the molecule is CC1CCC(N2CCCC2C(N)=NO)CC1. The first kappa shape index (κ1) is 11.7. The van der Waals surface area contributed by atoms with Crippen LogP contribution in [0.15, 0.2) is 5.16 Å². The molecule has 92 valence electrons. The number of hydrogen-bond acceptors (Lipinski definition) is 3. The van der Waals surface area contributed by atoms with Gasteiger partial charge >= 0.3 is 0 Å². The third-order valence-corrected chi connectivity index (χ3v) is 4.21. The molecule has 1 saturated carbocycles. The molecule has 1 aliphatic heterocycles. The molecule has 0 bridgehead atoms. The molecule has 16 heavy (non-hydrogen) atoms. The highest BCUT2D eigenvalue weighted by molar-refractivity contribution is 5.85. The summed E-state index contributed by atoms with van der Waals surface area (Å²) in [5, 5.41) is 12.0. The summed E-state index contributed by atoms with van der Waals surface area (Å²) in [6.45, 7) is 3.45. The first-order valence-electron chi connectivity index (χ1n) is 6.45. The van der Waals surface area contributed by atoms with Gasteiger partial charge in [-0.15, -0.1) is 0 Å². The Morgan fingerprint density at radius 1 is 1.25 bits per heavy atom. The maximum Gasteiger partial charge on any atom is 0.156 e. The number of hydrogen-bond donors (Lipinski definition) is 2. The van der Waals surface area contributed by atoms with Gasteiger partial charge in [-0.25, -0.2) is 0 Å². The Morgan fingerprint density at radius 3 is 2.56 bits per heavy atom. The minimum Gasteiger partial charge on any atom is -0.409 e. The molecule has 0 amide bonds. The van der Waals surface area contributed by atoms with Crippen molar-refractivity contribution < 1.29 is 5.21 Å². The second-order valence-corrected chi connectivity index (χ2v) is 5.33. The summed E-state index contributed by atoms with van der Waals surface area (Å²) < 4.78 is 0. The largest absolute Gasteiger partial charge is 0.409 e. The highest BCUT2D eigenvalue weighted by Gasteiger charge is 2.34. The van der Waals surface area contributed by atoms with Gasteiger partial charge in [-0.1, -0.05) is 12.1 Å². The number of likely N-dealkylation sites (tertiary alicyclic amines) is 1. The third kappa shape index (κ3) is 2.32. The average Bonchev–Trinajstić information content (AvgIpc) is 2.78. The summed E-state index contributed by atoms with van der Waals surface area (Å²) in [5.74, 6) is 1.28. The predicted molar refractivity (Wildman–Crippen MR) is 64.6 cm³/mol. The first-order chi connectivity index (χ1) is 7.72. The Bertz CT molecular complexity index is 259. The fourth-order valence-electron chi connectivity index (χ4n) is 3.18. The van der Waals surface area contributed by atoms with Crippen LogP contribution in [0.1, 0.15) is 45.4 Å². The predicted octanol–water partition coefficient (Wildman–Crippen LogP) is 1.78. The van der Waals surface area contributed by atoms with Gasteiger partial charge in [-0.05, 0) is 51.0 Å². The fourth-order valence-corrected chi connectivity index (χ4v) is 3.18. The van der Waals surface area contributed by atoms with E-state index < -0.39 is 0 Å². The molecule has 1 saturated heterocycles. The van der Waals surface area contributed by atoms with Gasteiger partial charge in [0.25, 0.3) is 0 Å². The van der Waals surface area contributed by atoms with E-state index in [1.54, 1.807) is 0 Å². The van der Waals surface area contributed by atoms with E-state index in [-0.39, 0.29) is 6.04 Å². The van der Waals surface area contributed by atoms with Crippen molar-refractivity contribution in [2.75, 3.05) is 6.54 Å². The van der Waals surface area contributed by atoms with E-state index >= 15 is 0 Å². The minimum atomic E-state index is 0.184. The lowest BCUT2D eigenvalue weighted by Crippen LogP contribution is -2.47. The van der Waals surface area contributed by atoms with Crippen molar-refractivity contribution in [3.8, 4) is 0 Å². The van der Waals surface area contributed by atoms with Crippen LogP contribution in [-0.4, -0.2) is 34.6 Å². The molecular formula is C12H23N3O. The Hall–Kier alpha value is -0.770. The second kappa shape index (κ2) is 5.04.